The summed E-state index contributed by atoms with van der Waals surface area (Å²) in [5.41, 5.74) is 0. The first-order chi connectivity index (χ1) is 8.31. The summed E-state index contributed by atoms with van der Waals surface area (Å²) in [6, 6.07) is 0. The highest BCUT2D eigenvalue weighted by molar-refractivity contribution is 5.66. The zero-order valence-electron chi connectivity index (χ0n) is 12.8. The zero-order chi connectivity index (χ0) is 15.0. The smallest absolute Gasteiger partial charge is 0.302 e. The summed E-state index contributed by atoms with van der Waals surface area (Å²) in [5, 5.41) is 0. The van der Waals surface area contributed by atoms with Crippen molar-refractivity contribution in [2.24, 2.45) is 0 Å². The Kier molecular flexibility index (Phi) is 29.6. The van der Waals surface area contributed by atoms with E-state index < -0.39 is 0 Å². The van der Waals surface area contributed by atoms with Gasteiger partial charge in [0.25, 0.3) is 0 Å². The van der Waals surface area contributed by atoms with Gasteiger partial charge in [0.15, 0.2) is 0 Å². The molecule has 19 heavy (non-hydrogen) atoms. The maximum absolute atomic E-state index is 9.82. The molecule has 0 unspecified atom stereocenters. The van der Waals surface area contributed by atoms with E-state index in [1.807, 2.05) is 0 Å². The van der Waals surface area contributed by atoms with E-state index in [4.69, 9.17) is 0 Å². The quantitative estimate of drug-likeness (QED) is 0.620. The molecule has 0 saturated carbocycles. The second kappa shape index (κ2) is 21.6. The van der Waals surface area contributed by atoms with Crippen molar-refractivity contribution < 1.29 is 28.6 Å². The van der Waals surface area contributed by atoms with Gasteiger partial charge in [-0.1, -0.05) is 0 Å². The molecule has 0 heterocycles. The average Bonchev–Trinajstić information content (AvgIpc) is 2.18. The van der Waals surface area contributed by atoms with Crippen LogP contribution in [0.2, 0.25) is 0 Å². The number of esters is 3. The molecule has 0 aliphatic carbocycles. The van der Waals surface area contributed by atoms with Gasteiger partial charge < -0.3 is 20.4 Å². The van der Waals surface area contributed by atoms with E-state index in [1.165, 1.54) is 20.8 Å². The summed E-state index contributed by atoms with van der Waals surface area (Å²) >= 11 is 0. The number of rotatable bonds is 3. The molecule has 0 spiro atoms. The summed E-state index contributed by atoms with van der Waals surface area (Å²) in [7, 11) is 0. The minimum Gasteiger partial charge on any atom is -0.466 e. The van der Waals surface area contributed by atoms with Gasteiger partial charge in [-0.25, -0.2) is 0 Å². The zero-order valence-corrected chi connectivity index (χ0v) is 12.8. The molecule has 3 N–H and O–H groups in total. The molecule has 0 atom stereocenters. The van der Waals surface area contributed by atoms with Gasteiger partial charge in [-0.3, -0.25) is 14.4 Å². The Morgan fingerprint density at radius 1 is 0.632 bits per heavy atom. The third kappa shape index (κ3) is 62.2. The summed E-state index contributed by atoms with van der Waals surface area (Å²) in [6.45, 7) is 11.0. The summed E-state index contributed by atoms with van der Waals surface area (Å²) in [5.74, 6) is -0.632. The first-order valence-electron chi connectivity index (χ1n) is 5.71. The molecule has 0 saturated heterocycles. The molecule has 0 aromatic heterocycles. The summed E-state index contributed by atoms with van der Waals surface area (Å²) < 4.78 is 13.2. The lowest BCUT2D eigenvalue weighted by atomic mass is 10.8. The van der Waals surface area contributed by atoms with Crippen LogP contribution in [0.4, 0.5) is 0 Å². The van der Waals surface area contributed by atoms with Gasteiger partial charge in [-0.05, 0) is 20.8 Å². The van der Waals surface area contributed by atoms with Gasteiger partial charge in [-0.2, -0.15) is 0 Å². The Hall–Kier alpha value is -1.63. The first kappa shape index (κ1) is 26.0. The predicted molar refractivity (Wildman–Crippen MR) is 71.9 cm³/mol. The highest BCUT2D eigenvalue weighted by atomic mass is 16.5. The van der Waals surface area contributed by atoms with Crippen LogP contribution in [0.3, 0.4) is 0 Å². The lowest BCUT2D eigenvalue weighted by Crippen LogP contribution is -1.95. The van der Waals surface area contributed by atoms with Crippen LogP contribution in [0.15, 0.2) is 0 Å². The molecule has 116 valence electrons. The monoisotopic (exact) mass is 281 g/mol. The molecule has 7 heteroatoms. The van der Waals surface area contributed by atoms with E-state index in [9.17, 15) is 14.4 Å². The minimum atomic E-state index is -0.211. The standard InChI is InChI=1S/3C4H8O2.H3N/c3*1-3-6-4(2)5;/h3*3H2,1-2H3;1H3. The van der Waals surface area contributed by atoms with Crippen LogP contribution in [0.5, 0.6) is 0 Å². The van der Waals surface area contributed by atoms with E-state index >= 15 is 0 Å². The maximum Gasteiger partial charge on any atom is 0.302 e. The molecular weight excluding hydrogens is 254 g/mol. The first-order valence-corrected chi connectivity index (χ1v) is 5.71. The number of hydrogen-bond donors (Lipinski definition) is 1. The second-order valence-electron chi connectivity index (χ2n) is 2.77. The molecule has 0 rings (SSSR count). The van der Waals surface area contributed by atoms with Crippen LogP contribution < -0.4 is 6.15 Å². The van der Waals surface area contributed by atoms with Gasteiger partial charge in [0.05, 0.1) is 19.8 Å². The Bertz CT molecular complexity index is 192. The molecule has 0 aliphatic heterocycles. The molecule has 7 nitrogen and oxygen atoms in total. The fraction of sp³-hybridized carbons (Fsp3) is 0.750. The Morgan fingerprint density at radius 2 is 0.789 bits per heavy atom. The van der Waals surface area contributed by atoms with Crippen molar-refractivity contribution in [1.29, 1.82) is 0 Å². The van der Waals surface area contributed by atoms with Crippen LogP contribution in [-0.2, 0) is 28.6 Å². The fourth-order valence-corrected chi connectivity index (χ4v) is 0.610. The average molecular weight is 281 g/mol. The molecule has 0 aromatic rings. The molecule has 0 bridgehead atoms. The van der Waals surface area contributed by atoms with Gasteiger partial charge >= 0.3 is 17.9 Å². The Balaban J connectivity index is -0.0000000865. The SMILES string of the molecule is CCOC(C)=O.CCOC(C)=O.CCOC(C)=O.N. The third-order valence-corrected chi connectivity index (χ3v) is 1.04. The van der Waals surface area contributed by atoms with Crippen molar-refractivity contribution in [1.82, 2.24) is 6.15 Å². The van der Waals surface area contributed by atoms with Gasteiger partial charge in [-0.15, -0.1) is 0 Å². The van der Waals surface area contributed by atoms with E-state index in [0.29, 0.717) is 19.8 Å². The van der Waals surface area contributed by atoms with Crippen molar-refractivity contribution in [3.63, 3.8) is 0 Å². The van der Waals surface area contributed by atoms with E-state index in [1.54, 1.807) is 20.8 Å². The van der Waals surface area contributed by atoms with E-state index in [0.717, 1.165) is 0 Å². The number of carbonyl (C=O) groups is 3. The van der Waals surface area contributed by atoms with Crippen molar-refractivity contribution in [2.45, 2.75) is 41.5 Å². The molecular formula is C12H27NO6. The number of hydrogen-bond acceptors (Lipinski definition) is 7. The number of ether oxygens (including phenoxy) is 3. The summed E-state index contributed by atoms with van der Waals surface area (Å²) in [6.07, 6.45) is 0. The second-order valence-corrected chi connectivity index (χ2v) is 2.77. The van der Waals surface area contributed by atoms with Crippen molar-refractivity contribution in [3.05, 3.63) is 0 Å². The topological polar surface area (TPSA) is 114 Å². The lowest BCUT2D eigenvalue weighted by Gasteiger charge is -1.89. The minimum absolute atomic E-state index is 0. The fourth-order valence-electron chi connectivity index (χ4n) is 0.610. The molecule has 0 radical (unpaired) electrons. The van der Waals surface area contributed by atoms with Crippen LogP contribution in [0, 0.1) is 0 Å². The largest absolute Gasteiger partial charge is 0.466 e. The van der Waals surface area contributed by atoms with Crippen LogP contribution in [-0.4, -0.2) is 37.7 Å². The van der Waals surface area contributed by atoms with Crippen molar-refractivity contribution >= 4 is 17.9 Å². The van der Waals surface area contributed by atoms with Crippen LogP contribution in [0.1, 0.15) is 41.5 Å². The predicted octanol–water partition coefficient (Wildman–Crippen LogP) is 1.87. The molecule has 0 aromatic carbocycles. The van der Waals surface area contributed by atoms with E-state index in [-0.39, 0.29) is 24.1 Å². The molecule has 0 amide bonds. The molecule has 0 fully saturated rings. The van der Waals surface area contributed by atoms with Crippen LogP contribution in [0.25, 0.3) is 0 Å². The lowest BCUT2D eigenvalue weighted by molar-refractivity contribution is -0.141. The summed E-state index contributed by atoms with van der Waals surface area (Å²) in [4.78, 5) is 29.5. The van der Waals surface area contributed by atoms with Crippen LogP contribution >= 0.6 is 0 Å². The number of carbonyl (C=O) groups excluding carboxylic acids is 3. The Morgan fingerprint density at radius 3 is 0.789 bits per heavy atom. The maximum atomic E-state index is 9.82. The Labute approximate surface area is 115 Å². The van der Waals surface area contributed by atoms with Gasteiger partial charge in [0, 0.05) is 20.8 Å². The van der Waals surface area contributed by atoms with Crippen molar-refractivity contribution in [3.8, 4) is 0 Å². The third-order valence-electron chi connectivity index (χ3n) is 1.04. The van der Waals surface area contributed by atoms with Gasteiger partial charge in [0.1, 0.15) is 0 Å². The van der Waals surface area contributed by atoms with E-state index in [2.05, 4.69) is 14.2 Å². The highest BCUT2D eigenvalue weighted by Crippen LogP contribution is 1.70. The highest BCUT2D eigenvalue weighted by Gasteiger charge is 1.82. The van der Waals surface area contributed by atoms with Gasteiger partial charge in [0.2, 0.25) is 0 Å². The molecule has 0 aliphatic rings. The van der Waals surface area contributed by atoms with Crippen molar-refractivity contribution in [2.75, 3.05) is 19.8 Å². The normalized spacial score (nSPS) is 7.26.